The quantitative estimate of drug-likeness (QED) is 0.646. The third-order valence-corrected chi connectivity index (χ3v) is 3.89. The Morgan fingerprint density at radius 1 is 1.47 bits per heavy atom. The first-order chi connectivity index (χ1) is 9.00. The molecule has 0 saturated heterocycles. The molecule has 1 heterocycles. The first-order valence-corrected chi connectivity index (χ1v) is 6.66. The second-order valence-corrected chi connectivity index (χ2v) is 5.32. The minimum atomic E-state index is -0.453. The number of rotatable bonds is 3. The molecule has 0 aliphatic heterocycles. The Labute approximate surface area is 112 Å². The van der Waals surface area contributed by atoms with Gasteiger partial charge in [-0.15, -0.1) is 0 Å². The summed E-state index contributed by atoms with van der Waals surface area (Å²) in [5.74, 6) is 0.490. The van der Waals surface area contributed by atoms with Crippen LogP contribution in [-0.2, 0) is 0 Å². The summed E-state index contributed by atoms with van der Waals surface area (Å²) < 4.78 is 0. The molecule has 0 radical (unpaired) electrons. The summed E-state index contributed by atoms with van der Waals surface area (Å²) in [4.78, 5) is 14.6. The molecule has 0 bridgehead atoms. The normalized spacial score (nSPS) is 23.1. The van der Waals surface area contributed by atoms with E-state index in [1.165, 1.54) is 6.42 Å². The lowest BCUT2D eigenvalue weighted by Gasteiger charge is -2.30. The van der Waals surface area contributed by atoms with Gasteiger partial charge < -0.3 is 11.1 Å². The molecule has 104 valence electrons. The molecule has 6 heteroatoms. The second kappa shape index (κ2) is 5.42. The zero-order valence-corrected chi connectivity index (χ0v) is 11.3. The smallest absolute Gasteiger partial charge is 0.334 e. The Morgan fingerprint density at radius 3 is 2.79 bits per heavy atom. The van der Waals surface area contributed by atoms with Gasteiger partial charge in [0.2, 0.25) is 5.82 Å². The number of pyridine rings is 1. The van der Waals surface area contributed by atoms with Crippen molar-refractivity contribution in [3.05, 3.63) is 21.9 Å². The summed E-state index contributed by atoms with van der Waals surface area (Å²) in [5, 5.41) is 14.5. The van der Waals surface area contributed by atoms with Gasteiger partial charge in [0, 0.05) is 12.2 Å². The number of anilines is 2. The van der Waals surface area contributed by atoms with Crippen LogP contribution in [0.1, 0.15) is 38.2 Å². The summed E-state index contributed by atoms with van der Waals surface area (Å²) in [6, 6.07) is 0.271. The average Bonchev–Trinajstić information content (AvgIpc) is 2.36. The minimum absolute atomic E-state index is 0.0263. The molecule has 1 aliphatic carbocycles. The van der Waals surface area contributed by atoms with Crippen LogP contribution in [0, 0.1) is 23.0 Å². The van der Waals surface area contributed by atoms with Crippen molar-refractivity contribution in [2.75, 3.05) is 11.1 Å². The van der Waals surface area contributed by atoms with Crippen LogP contribution in [0.5, 0.6) is 0 Å². The topological polar surface area (TPSA) is 94.1 Å². The van der Waals surface area contributed by atoms with E-state index < -0.39 is 4.92 Å². The molecule has 1 saturated carbocycles. The van der Waals surface area contributed by atoms with Gasteiger partial charge in [-0.05, 0) is 31.2 Å². The number of nitrogens with two attached hydrogens (primary N) is 1. The summed E-state index contributed by atoms with van der Waals surface area (Å²) >= 11 is 0. The van der Waals surface area contributed by atoms with Gasteiger partial charge in [-0.3, -0.25) is 10.1 Å². The van der Waals surface area contributed by atoms with Crippen molar-refractivity contribution in [1.82, 2.24) is 4.98 Å². The number of nitrogens with one attached hydrogen (secondary N) is 1. The summed E-state index contributed by atoms with van der Waals surface area (Å²) in [6.07, 6.45) is 6.18. The molecule has 19 heavy (non-hydrogen) atoms. The number of hydrogen-bond donors (Lipinski definition) is 2. The van der Waals surface area contributed by atoms with Gasteiger partial charge in [-0.25, -0.2) is 4.98 Å². The van der Waals surface area contributed by atoms with Crippen molar-refractivity contribution in [2.24, 2.45) is 5.92 Å². The SMILES string of the molecule is Cc1cnc(N)c([N+](=O)[O-])c1N[C@H]1CCCC[C@H]1C. The van der Waals surface area contributed by atoms with Gasteiger partial charge in [0.05, 0.1) is 4.92 Å². The maximum Gasteiger partial charge on any atom is 0.334 e. The van der Waals surface area contributed by atoms with E-state index in [0.29, 0.717) is 11.6 Å². The first-order valence-electron chi connectivity index (χ1n) is 6.66. The minimum Gasteiger partial charge on any atom is -0.378 e. The van der Waals surface area contributed by atoms with Crippen LogP contribution in [0.25, 0.3) is 0 Å². The monoisotopic (exact) mass is 264 g/mol. The number of hydrogen-bond acceptors (Lipinski definition) is 5. The van der Waals surface area contributed by atoms with Crippen molar-refractivity contribution in [3.8, 4) is 0 Å². The fraction of sp³-hybridized carbons (Fsp3) is 0.615. The highest BCUT2D eigenvalue weighted by Gasteiger charge is 2.27. The number of aromatic nitrogens is 1. The maximum absolute atomic E-state index is 11.2. The third-order valence-electron chi connectivity index (χ3n) is 3.89. The standard InChI is InChI=1S/C13H20N4O2/c1-8-5-3-4-6-10(8)16-11-9(2)7-15-13(14)12(11)17(18)19/h7-8,10H,3-6H2,1-2H3,(H3,14,15,16)/t8-,10+/m1/s1. The number of aryl methyl sites for hydroxylation is 1. The van der Waals surface area contributed by atoms with Crippen LogP contribution in [-0.4, -0.2) is 15.9 Å². The van der Waals surface area contributed by atoms with Crippen LogP contribution in [0.4, 0.5) is 17.2 Å². The lowest BCUT2D eigenvalue weighted by atomic mass is 9.85. The Kier molecular flexibility index (Phi) is 3.87. The summed E-state index contributed by atoms with van der Waals surface area (Å²) in [7, 11) is 0. The molecule has 0 amide bonds. The molecule has 0 spiro atoms. The average molecular weight is 264 g/mol. The fourth-order valence-electron chi connectivity index (χ4n) is 2.69. The van der Waals surface area contributed by atoms with Crippen LogP contribution >= 0.6 is 0 Å². The van der Waals surface area contributed by atoms with E-state index in [2.05, 4.69) is 17.2 Å². The van der Waals surface area contributed by atoms with E-state index in [4.69, 9.17) is 5.73 Å². The van der Waals surface area contributed by atoms with Crippen molar-refractivity contribution < 1.29 is 4.92 Å². The predicted molar refractivity (Wildman–Crippen MR) is 75.1 cm³/mol. The van der Waals surface area contributed by atoms with Crippen molar-refractivity contribution in [1.29, 1.82) is 0 Å². The Bertz CT molecular complexity index is 490. The molecule has 3 N–H and O–H groups in total. The van der Waals surface area contributed by atoms with Crippen molar-refractivity contribution in [3.63, 3.8) is 0 Å². The van der Waals surface area contributed by atoms with E-state index in [1.807, 2.05) is 6.92 Å². The molecule has 2 atom stereocenters. The highest BCUT2D eigenvalue weighted by atomic mass is 16.6. The van der Waals surface area contributed by atoms with Gasteiger partial charge in [0.25, 0.3) is 0 Å². The highest BCUT2D eigenvalue weighted by molar-refractivity contribution is 5.74. The van der Waals surface area contributed by atoms with Gasteiger partial charge in [0.15, 0.2) is 0 Å². The van der Waals surface area contributed by atoms with Crippen LogP contribution in [0.15, 0.2) is 6.20 Å². The van der Waals surface area contributed by atoms with E-state index >= 15 is 0 Å². The van der Waals surface area contributed by atoms with E-state index in [9.17, 15) is 10.1 Å². The van der Waals surface area contributed by atoms with Crippen molar-refractivity contribution >= 4 is 17.2 Å². The van der Waals surface area contributed by atoms with E-state index in [0.717, 1.165) is 24.8 Å². The van der Waals surface area contributed by atoms with Gasteiger partial charge >= 0.3 is 5.69 Å². The predicted octanol–water partition coefficient (Wildman–Crippen LogP) is 2.87. The first kappa shape index (κ1) is 13.6. The fourth-order valence-corrected chi connectivity index (χ4v) is 2.69. The van der Waals surface area contributed by atoms with Crippen LogP contribution in [0.2, 0.25) is 0 Å². The molecule has 0 unspecified atom stereocenters. The molecule has 0 aromatic carbocycles. The van der Waals surface area contributed by atoms with Gasteiger partial charge in [-0.1, -0.05) is 19.8 Å². The molecular formula is C13H20N4O2. The highest BCUT2D eigenvalue weighted by Crippen LogP contribution is 2.35. The molecule has 6 nitrogen and oxygen atoms in total. The molecule has 1 fully saturated rings. The van der Waals surface area contributed by atoms with E-state index in [-0.39, 0.29) is 17.5 Å². The van der Waals surface area contributed by atoms with Crippen molar-refractivity contribution in [2.45, 2.75) is 45.6 Å². The zero-order valence-electron chi connectivity index (χ0n) is 11.3. The number of nitrogen functional groups attached to an aromatic ring is 1. The molecule has 1 aromatic heterocycles. The molecular weight excluding hydrogens is 244 g/mol. The van der Waals surface area contributed by atoms with Gasteiger partial charge in [0.1, 0.15) is 5.69 Å². The Balaban J connectivity index is 2.33. The van der Waals surface area contributed by atoms with Gasteiger partial charge in [-0.2, -0.15) is 0 Å². The van der Waals surface area contributed by atoms with E-state index in [1.54, 1.807) is 6.20 Å². The maximum atomic E-state index is 11.2. The Hall–Kier alpha value is -1.85. The number of nitrogens with zero attached hydrogens (tertiary/aromatic N) is 2. The third kappa shape index (κ3) is 2.77. The largest absolute Gasteiger partial charge is 0.378 e. The molecule has 1 aliphatic rings. The van der Waals surface area contributed by atoms with Crippen LogP contribution in [0.3, 0.4) is 0 Å². The lowest BCUT2D eigenvalue weighted by molar-refractivity contribution is -0.383. The molecule has 2 rings (SSSR count). The summed E-state index contributed by atoms with van der Waals surface area (Å²) in [6.45, 7) is 4.00. The summed E-state index contributed by atoms with van der Waals surface area (Å²) in [5.41, 5.74) is 6.83. The zero-order chi connectivity index (χ0) is 14.0. The van der Waals surface area contributed by atoms with Crippen LogP contribution < -0.4 is 11.1 Å². The second-order valence-electron chi connectivity index (χ2n) is 5.32. The number of nitro groups is 1. The lowest BCUT2D eigenvalue weighted by Crippen LogP contribution is -2.31. The Morgan fingerprint density at radius 2 is 2.16 bits per heavy atom. The molecule has 1 aromatic rings.